The number of amides is 1. The third-order valence-electron chi connectivity index (χ3n) is 5.10. The molecule has 0 aliphatic carbocycles. The van der Waals surface area contributed by atoms with Crippen molar-refractivity contribution >= 4 is 28.8 Å². The Balaban J connectivity index is 1.72. The standard InChI is InChI=1S/C20H24ClNO3S/c21-16-5-3-15(4-6-16)18(12-17-2-1-11-26-17)19(24)22-13-20(14-23)7-9-25-10-8-20/h1-6,11,18,23H,7-10,12-14H2,(H,22,24). The van der Waals surface area contributed by atoms with Crippen molar-refractivity contribution in [2.45, 2.75) is 25.2 Å². The van der Waals surface area contributed by atoms with Gasteiger partial charge in [0.15, 0.2) is 0 Å². The van der Waals surface area contributed by atoms with Gasteiger partial charge in [0.25, 0.3) is 0 Å². The summed E-state index contributed by atoms with van der Waals surface area (Å²) < 4.78 is 5.40. The van der Waals surface area contributed by atoms with E-state index in [1.54, 1.807) is 11.3 Å². The summed E-state index contributed by atoms with van der Waals surface area (Å²) >= 11 is 7.65. The quantitative estimate of drug-likeness (QED) is 0.755. The summed E-state index contributed by atoms with van der Waals surface area (Å²) in [5.41, 5.74) is 0.673. The number of thiophene rings is 1. The topological polar surface area (TPSA) is 58.6 Å². The number of rotatable bonds is 7. The van der Waals surface area contributed by atoms with Gasteiger partial charge in [0.1, 0.15) is 0 Å². The van der Waals surface area contributed by atoms with Gasteiger partial charge in [0.05, 0.1) is 12.5 Å². The molecule has 1 aromatic heterocycles. The number of ether oxygens (including phenoxy) is 1. The number of carbonyl (C=O) groups excluding carboxylic acids is 1. The van der Waals surface area contributed by atoms with Crippen LogP contribution in [0.3, 0.4) is 0 Å². The predicted octanol–water partition coefficient (Wildman–Crippen LogP) is 3.63. The lowest BCUT2D eigenvalue weighted by molar-refractivity contribution is -0.123. The number of carbonyl (C=O) groups is 1. The number of nitrogens with one attached hydrogen (secondary N) is 1. The Kier molecular flexibility index (Phi) is 6.70. The Labute approximate surface area is 163 Å². The second kappa shape index (κ2) is 9.00. The highest BCUT2D eigenvalue weighted by molar-refractivity contribution is 7.09. The fraction of sp³-hybridized carbons (Fsp3) is 0.450. The molecule has 1 fully saturated rings. The van der Waals surface area contributed by atoms with Crippen LogP contribution in [0.2, 0.25) is 5.02 Å². The second-order valence-electron chi connectivity index (χ2n) is 6.88. The number of benzene rings is 1. The van der Waals surface area contributed by atoms with Gasteiger partial charge in [0, 0.05) is 35.1 Å². The fourth-order valence-corrected chi connectivity index (χ4v) is 4.16. The summed E-state index contributed by atoms with van der Waals surface area (Å²) in [5, 5.41) is 15.6. The molecule has 1 aliphatic heterocycles. The molecule has 0 radical (unpaired) electrons. The van der Waals surface area contributed by atoms with Gasteiger partial charge in [-0.2, -0.15) is 0 Å². The molecule has 26 heavy (non-hydrogen) atoms. The van der Waals surface area contributed by atoms with Gasteiger partial charge in [-0.3, -0.25) is 4.79 Å². The van der Waals surface area contributed by atoms with E-state index in [4.69, 9.17) is 16.3 Å². The van der Waals surface area contributed by atoms with Crippen LogP contribution in [0.15, 0.2) is 41.8 Å². The van der Waals surface area contributed by atoms with E-state index in [-0.39, 0.29) is 23.8 Å². The average Bonchev–Trinajstić information content (AvgIpc) is 3.19. The van der Waals surface area contributed by atoms with Crippen LogP contribution < -0.4 is 5.32 Å². The van der Waals surface area contributed by atoms with Crippen LogP contribution in [0.1, 0.15) is 29.2 Å². The average molecular weight is 394 g/mol. The summed E-state index contributed by atoms with van der Waals surface area (Å²) in [6.07, 6.45) is 2.18. The number of hydrogen-bond acceptors (Lipinski definition) is 4. The number of aliphatic hydroxyl groups is 1. The van der Waals surface area contributed by atoms with E-state index < -0.39 is 0 Å². The minimum absolute atomic E-state index is 0.0139. The smallest absolute Gasteiger partial charge is 0.227 e. The molecule has 6 heteroatoms. The molecule has 1 aromatic carbocycles. The van der Waals surface area contributed by atoms with Crippen molar-refractivity contribution in [2.75, 3.05) is 26.4 Å². The minimum atomic E-state index is -0.276. The molecule has 1 unspecified atom stereocenters. The summed E-state index contributed by atoms with van der Waals surface area (Å²) in [6, 6.07) is 11.5. The normalized spacial score (nSPS) is 17.6. The van der Waals surface area contributed by atoms with Crippen LogP contribution >= 0.6 is 22.9 Å². The zero-order valence-electron chi connectivity index (χ0n) is 14.6. The van der Waals surface area contributed by atoms with E-state index in [1.165, 1.54) is 4.88 Å². The molecule has 1 atom stereocenters. The van der Waals surface area contributed by atoms with E-state index in [9.17, 15) is 9.90 Å². The molecule has 1 amide bonds. The maximum atomic E-state index is 13.0. The van der Waals surface area contributed by atoms with Crippen molar-refractivity contribution in [1.82, 2.24) is 5.32 Å². The molecule has 0 bridgehead atoms. The number of halogens is 1. The SMILES string of the molecule is O=C(NCC1(CO)CCOCC1)C(Cc1cccs1)c1ccc(Cl)cc1. The summed E-state index contributed by atoms with van der Waals surface area (Å²) in [6.45, 7) is 1.80. The lowest BCUT2D eigenvalue weighted by Gasteiger charge is -2.36. The first kappa shape index (κ1) is 19.4. The molecular formula is C20H24ClNO3S. The van der Waals surface area contributed by atoms with E-state index in [0.29, 0.717) is 31.2 Å². The molecule has 0 spiro atoms. The summed E-state index contributed by atoms with van der Waals surface area (Å²) in [4.78, 5) is 14.2. The molecule has 2 N–H and O–H groups in total. The molecule has 1 aliphatic rings. The van der Waals surface area contributed by atoms with Crippen molar-refractivity contribution in [3.05, 3.63) is 57.2 Å². The molecule has 3 rings (SSSR count). The molecule has 0 saturated carbocycles. The number of hydrogen-bond donors (Lipinski definition) is 2. The van der Waals surface area contributed by atoms with Crippen molar-refractivity contribution in [1.29, 1.82) is 0 Å². The Bertz CT molecular complexity index is 696. The Morgan fingerprint density at radius 1 is 1.27 bits per heavy atom. The maximum Gasteiger partial charge on any atom is 0.227 e. The van der Waals surface area contributed by atoms with Crippen LogP contribution in [-0.2, 0) is 16.0 Å². The van der Waals surface area contributed by atoms with E-state index in [1.807, 2.05) is 35.7 Å². The highest BCUT2D eigenvalue weighted by atomic mass is 35.5. The monoisotopic (exact) mass is 393 g/mol. The van der Waals surface area contributed by atoms with Crippen LogP contribution in [0.5, 0.6) is 0 Å². The maximum absolute atomic E-state index is 13.0. The largest absolute Gasteiger partial charge is 0.396 e. The van der Waals surface area contributed by atoms with E-state index >= 15 is 0 Å². The van der Waals surface area contributed by atoms with Crippen molar-refractivity contribution in [2.24, 2.45) is 5.41 Å². The van der Waals surface area contributed by atoms with Crippen LogP contribution in [0.25, 0.3) is 0 Å². The molecular weight excluding hydrogens is 370 g/mol. The minimum Gasteiger partial charge on any atom is -0.396 e. The van der Waals surface area contributed by atoms with Crippen LogP contribution in [0.4, 0.5) is 0 Å². The first-order valence-corrected chi connectivity index (χ1v) is 10.1. The molecule has 1 saturated heterocycles. The van der Waals surface area contributed by atoms with Gasteiger partial charge >= 0.3 is 0 Å². The van der Waals surface area contributed by atoms with Gasteiger partial charge in [-0.15, -0.1) is 11.3 Å². The van der Waals surface area contributed by atoms with Gasteiger partial charge in [-0.25, -0.2) is 0 Å². The Morgan fingerprint density at radius 2 is 2.00 bits per heavy atom. The third-order valence-corrected chi connectivity index (χ3v) is 6.25. The Morgan fingerprint density at radius 3 is 2.62 bits per heavy atom. The lowest BCUT2D eigenvalue weighted by Crippen LogP contribution is -2.45. The van der Waals surface area contributed by atoms with Gasteiger partial charge in [0.2, 0.25) is 5.91 Å². The lowest BCUT2D eigenvalue weighted by atomic mass is 9.80. The zero-order chi connectivity index (χ0) is 18.4. The zero-order valence-corrected chi connectivity index (χ0v) is 16.2. The fourth-order valence-electron chi connectivity index (χ4n) is 3.28. The van der Waals surface area contributed by atoms with Gasteiger partial charge in [-0.05, 0) is 48.4 Å². The highest BCUT2D eigenvalue weighted by Crippen LogP contribution is 2.30. The van der Waals surface area contributed by atoms with Crippen LogP contribution in [-0.4, -0.2) is 37.4 Å². The van der Waals surface area contributed by atoms with E-state index in [2.05, 4.69) is 11.4 Å². The molecule has 4 nitrogen and oxygen atoms in total. The van der Waals surface area contributed by atoms with Crippen molar-refractivity contribution in [3.8, 4) is 0 Å². The van der Waals surface area contributed by atoms with E-state index in [0.717, 1.165) is 18.4 Å². The highest BCUT2D eigenvalue weighted by Gasteiger charge is 2.33. The van der Waals surface area contributed by atoms with Crippen molar-refractivity contribution in [3.63, 3.8) is 0 Å². The van der Waals surface area contributed by atoms with Crippen LogP contribution in [0, 0.1) is 5.41 Å². The second-order valence-corrected chi connectivity index (χ2v) is 8.34. The van der Waals surface area contributed by atoms with Crippen molar-refractivity contribution < 1.29 is 14.6 Å². The predicted molar refractivity (Wildman–Crippen MR) is 105 cm³/mol. The molecule has 140 valence electrons. The first-order chi connectivity index (χ1) is 12.6. The Hall–Kier alpha value is -1.40. The summed E-state index contributed by atoms with van der Waals surface area (Å²) in [7, 11) is 0. The molecule has 2 heterocycles. The summed E-state index contributed by atoms with van der Waals surface area (Å²) in [5.74, 6) is -0.290. The number of aliphatic hydroxyl groups excluding tert-OH is 1. The molecule has 2 aromatic rings. The van der Waals surface area contributed by atoms with Gasteiger partial charge < -0.3 is 15.2 Å². The first-order valence-electron chi connectivity index (χ1n) is 8.86. The third kappa shape index (κ3) is 4.86. The van der Waals surface area contributed by atoms with Gasteiger partial charge in [-0.1, -0.05) is 29.8 Å².